The summed E-state index contributed by atoms with van der Waals surface area (Å²) in [7, 11) is 0. The van der Waals surface area contributed by atoms with Crippen LogP contribution in [-0.2, 0) is 0 Å². The van der Waals surface area contributed by atoms with Crippen LogP contribution in [0, 0.1) is 0 Å². The average Bonchev–Trinajstić information content (AvgIpc) is 2.68. The maximum Gasteiger partial charge on any atom is 0.0672 e. The highest BCUT2D eigenvalue weighted by Crippen LogP contribution is 2.36. The van der Waals surface area contributed by atoms with Gasteiger partial charge >= 0.3 is 0 Å². The van der Waals surface area contributed by atoms with Crippen LogP contribution in [0.5, 0.6) is 0 Å². The fourth-order valence-corrected chi connectivity index (χ4v) is 3.49. The van der Waals surface area contributed by atoms with Crippen LogP contribution < -0.4 is 5.73 Å². The van der Waals surface area contributed by atoms with Gasteiger partial charge in [-0.1, -0.05) is 35.3 Å². The molecule has 2 aromatic rings. The number of rotatable bonds is 2. The number of halogens is 3. The topological polar surface area (TPSA) is 26.0 Å². The van der Waals surface area contributed by atoms with Crippen LogP contribution in [0.3, 0.4) is 0 Å². The minimum atomic E-state index is -0.249. The molecule has 2 N–H and O–H groups in total. The Morgan fingerprint density at radius 3 is 2.62 bits per heavy atom. The van der Waals surface area contributed by atoms with Crippen molar-refractivity contribution in [3.63, 3.8) is 0 Å². The van der Waals surface area contributed by atoms with E-state index in [2.05, 4.69) is 15.9 Å². The molecule has 0 amide bonds. The minimum absolute atomic E-state index is 0.249. The highest BCUT2D eigenvalue weighted by atomic mass is 79.9. The lowest BCUT2D eigenvalue weighted by atomic mass is 10.1. The predicted molar refractivity (Wildman–Crippen MR) is 74.5 cm³/mol. The molecule has 0 aliphatic heterocycles. The number of hydrogen-bond acceptors (Lipinski definition) is 2. The Kier molecular flexibility index (Phi) is 3.93. The molecule has 0 fully saturated rings. The van der Waals surface area contributed by atoms with Crippen LogP contribution in [-0.4, -0.2) is 0 Å². The van der Waals surface area contributed by atoms with Gasteiger partial charge in [-0.25, -0.2) is 0 Å². The first-order valence-corrected chi connectivity index (χ1v) is 6.96. The Morgan fingerprint density at radius 1 is 1.25 bits per heavy atom. The summed E-state index contributed by atoms with van der Waals surface area (Å²) in [5.74, 6) is 0. The highest BCUT2D eigenvalue weighted by molar-refractivity contribution is 9.10. The second-order valence-electron chi connectivity index (χ2n) is 3.25. The number of hydrogen-bond donors (Lipinski definition) is 1. The van der Waals surface area contributed by atoms with Gasteiger partial charge in [0.05, 0.1) is 16.1 Å². The molecule has 0 aliphatic rings. The molecular weight excluding hydrogens is 329 g/mol. The van der Waals surface area contributed by atoms with E-state index in [4.69, 9.17) is 28.9 Å². The third-order valence-electron chi connectivity index (χ3n) is 2.24. The van der Waals surface area contributed by atoms with Gasteiger partial charge in [0.2, 0.25) is 0 Å². The van der Waals surface area contributed by atoms with Crippen molar-refractivity contribution in [1.29, 1.82) is 0 Å². The van der Waals surface area contributed by atoms with Gasteiger partial charge in [-0.15, -0.1) is 11.3 Å². The summed E-state index contributed by atoms with van der Waals surface area (Å²) in [6.07, 6.45) is 0. The molecule has 0 saturated heterocycles. The molecule has 2 rings (SSSR count). The zero-order chi connectivity index (χ0) is 11.7. The van der Waals surface area contributed by atoms with Gasteiger partial charge < -0.3 is 5.73 Å². The Labute approximate surface area is 116 Å². The maximum absolute atomic E-state index is 6.17. The van der Waals surface area contributed by atoms with E-state index in [1.807, 2.05) is 23.6 Å². The van der Waals surface area contributed by atoms with E-state index < -0.39 is 0 Å². The van der Waals surface area contributed by atoms with Gasteiger partial charge in [0.15, 0.2) is 0 Å². The lowest BCUT2D eigenvalue weighted by molar-refractivity contribution is 0.889. The lowest BCUT2D eigenvalue weighted by Crippen LogP contribution is -2.11. The zero-order valence-corrected chi connectivity index (χ0v) is 12.0. The van der Waals surface area contributed by atoms with Crippen LogP contribution in [0.15, 0.2) is 34.1 Å². The van der Waals surface area contributed by atoms with Crippen molar-refractivity contribution in [2.24, 2.45) is 5.73 Å². The molecule has 1 heterocycles. The van der Waals surface area contributed by atoms with E-state index >= 15 is 0 Å². The Bertz CT molecular complexity index is 512. The lowest BCUT2D eigenvalue weighted by Gasteiger charge is -2.13. The molecule has 1 atom stereocenters. The van der Waals surface area contributed by atoms with E-state index in [1.165, 1.54) is 0 Å². The summed E-state index contributed by atoms with van der Waals surface area (Å²) < 4.78 is 1.00. The van der Waals surface area contributed by atoms with E-state index in [-0.39, 0.29) is 6.04 Å². The molecule has 1 aromatic carbocycles. The summed E-state index contributed by atoms with van der Waals surface area (Å²) in [5.41, 5.74) is 7.01. The molecule has 0 radical (unpaired) electrons. The average molecular weight is 337 g/mol. The molecule has 0 saturated carbocycles. The second-order valence-corrected chi connectivity index (χ2v) is 5.84. The van der Waals surface area contributed by atoms with E-state index in [9.17, 15) is 0 Å². The monoisotopic (exact) mass is 335 g/mol. The third kappa shape index (κ3) is 2.29. The van der Waals surface area contributed by atoms with Gasteiger partial charge in [-0.05, 0) is 39.0 Å². The molecule has 1 aromatic heterocycles. The normalized spacial score (nSPS) is 12.8. The minimum Gasteiger partial charge on any atom is -0.320 e. The third-order valence-corrected chi connectivity index (χ3v) is 5.03. The standard InChI is InChI=1S/C11H8BrCl2NS/c12-7-4-5-16-11(7)10(15)6-2-1-3-8(13)9(6)14/h1-5,10H,15H2. The first-order chi connectivity index (χ1) is 7.61. The van der Waals surface area contributed by atoms with Crippen LogP contribution in [0.2, 0.25) is 10.0 Å². The van der Waals surface area contributed by atoms with Crippen molar-refractivity contribution in [3.05, 3.63) is 54.6 Å². The van der Waals surface area contributed by atoms with Crippen LogP contribution >= 0.6 is 50.5 Å². The summed E-state index contributed by atoms with van der Waals surface area (Å²) >= 11 is 17.2. The highest BCUT2D eigenvalue weighted by Gasteiger charge is 2.17. The van der Waals surface area contributed by atoms with Crippen molar-refractivity contribution in [2.75, 3.05) is 0 Å². The van der Waals surface area contributed by atoms with E-state index in [1.54, 1.807) is 17.4 Å². The Balaban J connectivity index is 2.46. The van der Waals surface area contributed by atoms with Crippen LogP contribution in [0.25, 0.3) is 0 Å². The largest absolute Gasteiger partial charge is 0.320 e. The van der Waals surface area contributed by atoms with Gasteiger partial charge in [0.1, 0.15) is 0 Å². The van der Waals surface area contributed by atoms with Gasteiger partial charge in [-0.3, -0.25) is 0 Å². The molecule has 0 bridgehead atoms. The number of benzene rings is 1. The maximum atomic E-state index is 6.17. The zero-order valence-electron chi connectivity index (χ0n) is 8.08. The molecule has 5 heteroatoms. The fourth-order valence-electron chi connectivity index (χ4n) is 1.43. The van der Waals surface area contributed by atoms with Crippen molar-refractivity contribution >= 4 is 50.5 Å². The Morgan fingerprint density at radius 2 is 2.00 bits per heavy atom. The van der Waals surface area contributed by atoms with Crippen molar-refractivity contribution in [2.45, 2.75) is 6.04 Å². The van der Waals surface area contributed by atoms with E-state index in [0.717, 1.165) is 14.9 Å². The molecule has 84 valence electrons. The van der Waals surface area contributed by atoms with E-state index in [0.29, 0.717) is 10.0 Å². The summed E-state index contributed by atoms with van der Waals surface area (Å²) in [4.78, 5) is 1.05. The van der Waals surface area contributed by atoms with Crippen LogP contribution in [0.1, 0.15) is 16.5 Å². The summed E-state index contributed by atoms with van der Waals surface area (Å²) in [6, 6.07) is 7.22. The van der Waals surface area contributed by atoms with Crippen molar-refractivity contribution in [3.8, 4) is 0 Å². The first kappa shape index (κ1) is 12.4. The van der Waals surface area contributed by atoms with Crippen LogP contribution in [0.4, 0.5) is 0 Å². The molecule has 0 spiro atoms. The number of thiophene rings is 1. The second kappa shape index (κ2) is 5.07. The van der Waals surface area contributed by atoms with Crippen molar-refractivity contribution in [1.82, 2.24) is 0 Å². The quantitative estimate of drug-likeness (QED) is 0.832. The SMILES string of the molecule is NC(c1cccc(Cl)c1Cl)c1sccc1Br. The van der Waals surface area contributed by atoms with Gasteiger partial charge in [-0.2, -0.15) is 0 Å². The predicted octanol–water partition coefficient (Wildman–Crippen LogP) is 4.87. The molecular formula is C11H8BrCl2NS. The summed E-state index contributed by atoms with van der Waals surface area (Å²) in [6.45, 7) is 0. The first-order valence-electron chi connectivity index (χ1n) is 4.53. The summed E-state index contributed by atoms with van der Waals surface area (Å²) in [5, 5.41) is 3.04. The fraction of sp³-hybridized carbons (Fsp3) is 0.0909. The Hall–Kier alpha value is -0.0600. The molecule has 1 unspecified atom stereocenters. The van der Waals surface area contributed by atoms with Gasteiger partial charge in [0.25, 0.3) is 0 Å². The molecule has 0 aliphatic carbocycles. The molecule has 16 heavy (non-hydrogen) atoms. The smallest absolute Gasteiger partial charge is 0.0672 e. The number of nitrogens with two attached hydrogens (primary N) is 1. The molecule has 1 nitrogen and oxygen atoms in total. The van der Waals surface area contributed by atoms with Crippen molar-refractivity contribution < 1.29 is 0 Å². The van der Waals surface area contributed by atoms with Gasteiger partial charge in [0, 0.05) is 9.35 Å².